The molecular weight excluding hydrogens is 497 g/mol. The number of benzene rings is 2. The fourth-order valence-electron chi connectivity index (χ4n) is 3.65. The topological polar surface area (TPSA) is 86.8 Å². The Morgan fingerprint density at radius 1 is 1.06 bits per heavy atom. The normalized spacial score (nSPS) is 12.2. The number of nitrogens with one attached hydrogen (secondary N) is 1. The largest absolute Gasteiger partial charge is 0.355 e. The number of anilines is 1. The van der Waals surface area contributed by atoms with Crippen LogP contribution in [0.4, 0.5) is 5.69 Å². The molecule has 2 aromatic rings. The lowest BCUT2D eigenvalue weighted by atomic mass is 10.1. The molecule has 0 fully saturated rings. The Morgan fingerprint density at radius 3 is 2.21 bits per heavy atom. The third-order valence-corrected chi connectivity index (χ3v) is 7.27. The molecule has 2 amide bonds. The number of likely N-dealkylation sites (N-methyl/N-ethyl adjacent to an activating group) is 1. The van der Waals surface area contributed by atoms with Crippen molar-refractivity contribution >= 4 is 50.7 Å². The lowest BCUT2D eigenvalue weighted by Crippen LogP contribution is -2.52. The number of aryl methyl sites for hydroxylation is 2. The average Bonchev–Trinajstić information content (AvgIpc) is 2.75. The molecule has 0 aliphatic rings. The second-order valence-electron chi connectivity index (χ2n) is 8.10. The summed E-state index contributed by atoms with van der Waals surface area (Å²) in [7, 11) is -3.80. The fourth-order valence-corrected chi connectivity index (χ4v) is 5.06. The van der Waals surface area contributed by atoms with Gasteiger partial charge >= 0.3 is 0 Å². The van der Waals surface area contributed by atoms with Crippen LogP contribution in [0, 0.1) is 13.8 Å². The minimum Gasteiger partial charge on any atom is -0.355 e. The molecule has 0 aliphatic heterocycles. The second kappa shape index (κ2) is 11.9. The molecule has 0 bridgehead atoms. The van der Waals surface area contributed by atoms with Gasteiger partial charge in [0.05, 0.1) is 11.9 Å². The van der Waals surface area contributed by atoms with Crippen LogP contribution < -0.4 is 9.62 Å². The van der Waals surface area contributed by atoms with Crippen molar-refractivity contribution in [3.63, 3.8) is 0 Å². The van der Waals surface area contributed by atoms with E-state index in [1.807, 2.05) is 13.0 Å². The van der Waals surface area contributed by atoms with Crippen LogP contribution >= 0.6 is 23.2 Å². The Kier molecular flexibility index (Phi) is 9.79. The Hall–Kier alpha value is -2.29. The van der Waals surface area contributed by atoms with Crippen LogP contribution in [-0.2, 0) is 26.2 Å². The minimum absolute atomic E-state index is 0.0443. The van der Waals surface area contributed by atoms with E-state index in [1.165, 1.54) is 4.90 Å². The summed E-state index contributed by atoms with van der Waals surface area (Å²) >= 11 is 12.7. The number of sulfonamides is 1. The molecule has 1 atom stereocenters. The molecular formula is C24H31Cl2N3O4S. The number of carbonyl (C=O) groups is 2. The summed E-state index contributed by atoms with van der Waals surface area (Å²) in [4.78, 5) is 27.8. The van der Waals surface area contributed by atoms with Gasteiger partial charge in [-0.1, -0.05) is 48.3 Å². The quantitative estimate of drug-likeness (QED) is 0.498. The van der Waals surface area contributed by atoms with E-state index in [4.69, 9.17) is 23.2 Å². The highest BCUT2D eigenvalue weighted by atomic mass is 35.5. The van der Waals surface area contributed by atoms with Crippen molar-refractivity contribution in [3.05, 3.63) is 63.1 Å². The van der Waals surface area contributed by atoms with Crippen LogP contribution in [0.5, 0.6) is 0 Å². The molecule has 0 heterocycles. The van der Waals surface area contributed by atoms with E-state index < -0.39 is 28.5 Å². The van der Waals surface area contributed by atoms with E-state index in [1.54, 1.807) is 51.1 Å². The van der Waals surface area contributed by atoms with Gasteiger partial charge < -0.3 is 10.2 Å². The summed E-state index contributed by atoms with van der Waals surface area (Å²) in [5.74, 6) is -0.875. The monoisotopic (exact) mass is 527 g/mol. The molecule has 0 radical (unpaired) electrons. The van der Waals surface area contributed by atoms with Crippen molar-refractivity contribution in [2.45, 2.75) is 46.7 Å². The van der Waals surface area contributed by atoms with Crippen LogP contribution in [0.25, 0.3) is 0 Å². The molecule has 0 saturated heterocycles. The maximum atomic E-state index is 13.7. The van der Waals surface area contributed by atoms with Gasteiger partial charge in [0.2, 0.25) is 21.8 Å². The number of hydrogen-bond acceptors (Lipinski definition) is 4. The first-order valence-corrected chi connectivity index (χ1v) is 13.6. The van der Waals surface area contributed by atoms with Gasteiger partial charge in [-0.2, -0.15) is 0 Å². The summed E-state index contributed by atoms with van der Waals surface area (Å²) in [5, 5.41) is 3.45. The number of carbonyl (C=O) groups excluding carboxylic acids is 2. The Bertz CT molecular complexity index is 1130. The summed E-state index contributed by atoms with van der Waals surface area (Å²) in [5.41, 5.74) is 2.47. The van der Waals surface area contributed by atoms with E-state index in [0.29, 0.717) is 39.8 Å². The van der Waals surface area contributed by atoms with Crippen molar-refractivity contribution in [1.82, 2.24) is 10.2 Å². The summed E-state index contributed by atoms with van der Waals surface area (Å²) in [6, 6.07) is 9.55. The zero-order valence-corrected chi connectivity index (χ0v) is 22.4. The van der Waals surface area contributed by atoms with E-state index in [0.717, 1.165) is 16.1 Å². The zero-order chi connectivity index (χ0) is 25.6. The lowest BCUT2D eigenvalue weighted by Gasteiger charge is -2.33. The van der Waals surface area contributed by atoms with Gasteiger partial charge in [-0.05, 0) is 56.5 Å². The van der Waals surface area contributed by atoms with Gasteiger partial charge in [-0.25, -0.2) is 8.42 Å². The van der Waals surface area contributed by atoms with E-state index in [2.05, 4.69) is 5.32 Å². The Morgan fingerprint density at radius 2 is 1.68 bits per heavy atom. The highest BCUT2D eigenvalue weighted by Crippen LogP contribution is 2.28. The Labute approximate surface area is 212 Å². The van der Waals surface area contributed by atoms with Crippen LogP contribution in [0.2, 0.25) is 10.0 Å². The van der Waals surface area contributed by atoms with Gasteiger partial charge in [0.15, 0.2) is 0 Å². The molecule has 7 nitrogen and oxygen atoms in total. The second-order valence-corrected chi connectivity index (χ2v) is 10.8. The lowest BCUT2D eigenvalue weighted by molar-refractivity contribution is -0.140. The molecule has 2 rings (SSSR count). The number of hydrogen-bond donors (Lipinski definition) is 1. The van der Waals surface area contributed by atoms with E-state index in [-0.39, 0.29) is 12.5 Å². The highest BCUT2D eigenvalue weighted by Gasteiger charge is 2.32. The SMILES string of the molecule is CCNC(=O)[C@@H](CC)N(Cc1c(Cl)cccc1Cl)C(=O)CN(c1cc(C)ccc1C)S(C)(=O)=O. The molecule has 0 unspecified atom stereocenters. The molecule has 0 saturated carbocycles. The third-order valence-electron chi connectivity index (χ3n) is 5.44. The van der Waals surface area contributed by atoms with E-state index >= 15 is 0 Å². The van der Waals surface area contributed by atoms with Crippen LogP contribution in [0.15, 0.2) is 36.4 Å². The predicted molar refractivity (Wildman–Crippen MR) is 138 cm³/mol. The van der Waals surface area contributed by atoms with Crippen molar-refractivity contribution in [2.24, 2.45) is 0 Å². The predicted octanol–water partition coefficient (Wildman–Crippen LogP) is 4.32. The summed E-state index contributed by atoms with van der Waals surface area (Å²) in [6.07, 6.45) is 1.38. The standard InChI is InChI=1S/C24H31Cl2N3O4S/c1-6-21(24(31)27-7-2)28(14-18-19(25)9-8-10-20(18)26)23(30)15-29(34(5,32)33)22-13-16(3)11-12-17(22)4/h8-13,21H,6-7,14-15H2,1-5H3,(H,27,31)/t21-/m1/s1. The average molecular weight is 529 g/mol. The number of rotatable bonds is 10. The van der Waals surface area contributed by atoms with Gasteiger partial charge in [-0.3, -0.25) is 13.9 Å². The summed E-state index contributed by atoms with van der Waals surface area (Å²) in [6.45, 7) is 7.07. The fraction of sp³-hybridized carbons (Fsp3) is 0.417. The molecule has 2 aromatic carbocycles. The molecule has 10 heteroatoms. The van der Waals surface area contributed by atoms with Crippen molar-refractivity contribution in [2.75, 3.05) is 23.7 Å². The third kappa shape index (κ3) is 6.87. The van der Waals surface area contributed by atoms with Crippen molar-refractivity contribution in [3.8, 4) is 0 Å². The smallest absolute Gasteiger partial charge is 0.244 e. The molecule has 0 spiro atoms. The van der Waals surface area contributed by atoms with Crippen LogP contribution in [-0.4, -0.2) is 50.5 Å². The number of halogens is 2. The first-order chi connectivity index (χ1) is 15.9. The van der Waals surface area contributed by atoms with Gasteiger partial charge in [-0.15, -0.1) is 0 Å². The number of nitrogens with zero attached hydrogens (tertiary/aromatic N) is 2. The number of amides is 2. The first kappa shape index (κ1) is 28.0. The summed E-state index contributed by atoms with van der Waals surface area (Å²) < 4.78 is 26.5. The van der Waals surface area contributed by atoms with Gasteiger partial charge in [0.25, 0.3) is 0 Å². The van der Waals surface area contributed by atoms with Crippen molar-refractivity contribution < 1.29 is 18.0 Å². The van der Waals surface area contributed by atoms with Crippen LogP contribution in [0.1, 0.15) is 37.0 Å². The molecule has 186 valence electrons. The van der Waals surface area contributed by atoms with Crippen molar-refractivity contribution in [1.29, 1.82) is 0 Å². The highest BCUT2D eigenvalue weighted by molar-refractivity contribution is 7.92. The maximum absolute atomic E-state index is 13.7. The minimum atomic E-state index is -3.80. The van der Waals surface area contributed by atoms with Gasteiger partial charge in [0.1, 0.15) is 12.6 Å². The maximum Gasteiger partial charge on any atom is 0.244 e. The molecule has 34 heavy (non-hydrogen) atoms. The first-order valence-electron chi connectivity index (χ1n) is 11.0. The molecule has 0 aromatic heterocycles. The zero-order valence-electron chi connectivity index (χ0n) is 20.1. The van der Waals surface area contributed by atoms with Gasteiger partial charge in [0, 0.05) is 28.7 Å². The van der Waals surface area contributed by atoms with Crippen LogP contribution in [0.3, 0.4) is 0 Å². The Balaban J connectivity index is 2.54. The van der Waals surface area contributed by atoms with E-state index in [9.17, 15) is 18.0 Å². The molecule has 1 N–H and O–H groups in total. The molecule has 0 aliphatic carbocycles.